The van der Waals surface area contributed by atoms with E-state index in [2.05, 4.69) is 5.32 Å². The van der Waals surface area contributed by atoms with Crippen LogP contribution in [0.2, 0.25) is 15.1 Å². The summed E-state index contributed by atoms with van der Waals surface area (Å²) in [6.07, 6.45) is 0.831. The Bertz CT molecular complexity index is 842. The summed E-state index contributed by atoms with van der Waals surface area (Å²) in [4.78, 5) is 27.1. The smallest absolute Gasteiger partial charge is 0.242 e. The molecule has 0 aliphatic carbocycles. The standard InChI is InChI=1S/C22H25Cl3N2O2S/c1-3-11-26-22(29)15(2)27(12-16-7-9-17(23)10-8-16)21(28)14-30-13-18-19(24)5-4-6-20(18)25/h4-10,15H,3,11-14H2,1-2H3,(H,26,29). The SMILES string of the molecule is CCCNC(=O)C(C)N(Cc1ccc(Cl)cc1)C(=O)CSCc1c(Cl)cccc1Cl. The molecule has 0 saturated carbocycles. The first-order chi connectivity index (χ1) is 14.3. The molecule has 162 valence electrons. The molecule has 4 nitrogen and oxygen atoms in total. The van der Waals surface area contributed by atoms with Gasteiger partial charge >= 0.3 is 0 Å². The third-order valence-electron chi connectivity index (χ3n) is 4.52. The number of hydrogen-bond acceptors (Lipinski definition) is 3. The molecular weight excluding hydrogens is 463 g/mol. The first-order valence-electron chi connectivity index (χ1n) is 9.65. The molecule has 1 N–H and O–H groups in total. The van der Waals surface area contributed by atoms with Crippen LogP contribution in [0, 0.1) is 0 Å². The van der Waals surface area contributed by atoms with Gasteiger partial charge in [0.1, 0.15) is 6.04 Å². The summed E-state index contributed by atoms with van der Waals surface area (Å²) >= 11 is 19.8. The monoisotopic (exact) mass is 486 g/mol. The lowest BCUT2D eigenvalue weighted by molar-refractivity contribution is -0.138. The van der Waals surface area contributed by atoms with Gasteiger partial charge in [0.05, 0.1) is 5.75 Å². The molecule has 2 rings (SSSR count). The van der Waals surface area contributed by atoms with Crippen LogP contribution < -0.4 is 5.32 Å². The predicted octanol–water partition coefficient (Wildman–Crippen LogP) is 5.82. The number of carbonyl (C=O) groups excluding carboxylic acids is 2. The Morgan fingerprint density at radius 1 is 1.07 bits per heavy atom. The summed E-state index contributed by atoms with van der Waals surface area (Å²) in [6.45, 7) is 4.63. The van der Waals surface area contributed by atoms with Gasteiger partial charge < -0.3 is 10.2 Å². The Hall–Kier alpha value is -1.40. The Labute approximate surface area is 197 Å². The van der Waals surface area contributed by atoms with E-state index in [0.717, 1.165) is 17.5 Å². The summed E-state index contributed by atoms with van der Waals surface area (Å²) < 4.78 is 0. The number of hydrogen-bond donors (Lipinski definition) is 1. The van der Waals surface area contributed by atoms with Gasteiger partial charge in [-0.15, -0.1) is 11.8 Å². The fourth-order valence-electron chi connectivity index (χ4n) is 2.76. The third-order valence-corrected chi connectivity index (χ3v) is 6.42. The molecule has 1 unspecified atom stereocenters. The molecule has 0 aliphatic rings. The number of amides is 2. The normalized spacial score (nSPS) is 11.8. The van der Waals surface area contributed by atoms with E-state index in [9.17, 15) is 9.59 Å². The summed E-state index contributed by atoms with van der Waals surface area (Å²) in [6, 6.07) is 12.0. The van der Waals surface area contributed by atoms with Crippen LogP contribution in [0.4, 0.5) is 0 Å². The maximum atomic E-state index is 13.0. The van der Waals surface area contributed by atoms with Crippen molar-refractivity contribution in [2.24, 2.45) is 0 Å². The van der Waals surface area contributed by atoms with E-state index in [0.29, 0.717) is 33.9 Å². The molecule has 0 saturated heterocycles. The average Bonchev–Trinajstić information content (AvgIpc) is 2.73. The number of thioether (sulfide) groups is 1. The fourth-order valence-corrected chi connectivity index (χ4v) is 4.53. The lowest BCUT2D eigenvalue weighted by Gasteiger charge is -2.28. The van der Waals surface area contributed by atoms with Crippen molar-refractivity contribution in [3.8, 4) is 0 Å². The molecule has 1 atom stereocenters. The maximum Gasteiger partial charge on any atom is 0.242 e. The minimum Gasteiger partial charge on any atom is -0.354 e. The highest BCUT2D eigenvalue weighted by Crippen LogP contribution is 2.28. The van der Waals surface area contributed by atoms with Crippen LogP contribution in [0.3, 0.4) is 0 Å². The topological polar surface area (TPSA) is 49.4 Å². The van der Waals surface area contributed by atoms with E-state index in [-0.39, 0.29) is 17.6 Å². The molecule has 0 spiro atoms. The largest absolute Gasteiger partial charge is 0.354 e. The van der Waals surface area contributed by atoms with Gasteiger partial charge in [0.15, 0.2) is 0 Å². The zero-order valence-corrected chi connectivity index (χ0v) is 20.0. The molecule has 30 heavy (non-hydrogen) atoms. The predicted molar refractivity (Wildman–Crippen MR) is 127 cm³/mol. The highest BCUT2D eigenvalue weighted by atomic mass is 35.5. The van der Waals surface area contributed by atoms with E-state index in [1.807, 2.05) is 19.1 Å². The highest BCUT2D eigenvalue weighted by molar-refractivity contribution is 7.99. The second-order valence-electron chi connectivity index (χ2n) is 6.81. The van der Waals surface area contributed by atoms with E-state index < -0.39 is 6.04 Å². The molecule has 0 fully saturated rings. The van der Waals surface area contributed by atoms with Crippen molar-refractivity contribution >= 4 is 58.4 Å². The van der Waals surface area contributed by atoms with Crippen LogP contribution in [-0.4, -0.2) is 35.1 Å². The molecule has 0 bridgehead atoms. The molecule has 2 aromatic rings. The van der Waals surface area contributed by atoms with Crippen molar-refractivity contribution in [1.29, 1.82) is 0 Å². The summed E-state index contributed by atoms with van der Waals surface area (Å²) in [7, 11) is 0. The molecule has 8 heteroatoms. The van der Waals surface area contributed by atoms with Crippen molar-refractivity contribution in [3.63, 3.8) is 0 Å². The molecule has 0 aliphatic heterocycles. The first kappa shape index (κ1) is 24.9. The van der Waals surface area contributed by atoms with Crippen LogP contribution in [0.15, 0.2) is 42.5 Å². The Morgan fingerprint density at radius 3 is 2.30 bits per heavy atom. The lowest BCUT2D eigenvalue weighted by atomic mass is 10.1. The quantitative estimate of drug-likeness (QED) is 0.459. The van der Waals surface area contributed by atoms with Gasteiger partial charge in [-0.3, -0.25) is 9.59 Å². The molecule has 2 aromatic carbocycles. The van der Waals surface area contributed by atoms with Gasteiger partial charge in [0.25, 0.3) is 0 Å². The number of benzene rings is 2. The summed E-state index contributed by atoms with van der Waals surface area (Å²) in [5.74, 6) is 0.422. The van der Waals surface area contributed by atoms with Crippen LogP contribution in [0.5, 0.6) is 0 Å². The molecule has 0 radical (unpaired) electrons. The van der Waals surface area contributed by atoms with Gasteiger partial charge in [-0.25, -0.2) is 0 Å². The van der Waals surface area contributed by atoms with Crippen molar-refractivity contribution in [3.05, 3.63) is 68.7 Å². The number of halogens is 3. The van der Waals surface area contributed by atoms with Crippen molar-refractivity contribution in [2.45, 2.75) is 38.6 Å². The van der Waals surface area contributed by atoms with Gasteiger partial charge in [-0.1, -0.05) is 59.9 Å². The van der Waals surface area contributed by atoms with Crippen molar-refractivity contribution in [1.82, 2.24) is 10.2 Å². The molecular formula is C22H25Cl3N2O2S. The Balaban J connectivity index is 2.08. The van der Waals surface area contributed by atoms with Crippen LogP contribution in [0.1, 0.15) is 31.4 Å². The van der Waals surface area contributed by atoms with E-state index in [1.54, 1.807) is 42.2 Å². The summed E-state index contributed by atoms with van der Waals surface area (Å²) in [5.41, 5.74) is 1.71. The minimum absolute atomic E-state index is 0.128. The number of carbonyl (C=O) groups is 2. The minimum atomic E-state index is -0.593. The number of rotatable bonds is 10. The number of nitrogens with zero attached hydrogens (tertiary/aromatic N) is 1. The first-order valence-corrected chi connectivity index (χ1v) is 11.9. The molecule has 2 amide bonds. The van der Waals surface area contributed by atoms with Gasteiger partial charge in [-0.05, 0) is 48.7 Å². The van der Waals surface area contributed by atoms with Gasteiger partial charge in [0.2, 0.25) is 11.8 Å². The Morgan fingerprint density at radius 2 is 1.70 bits per heavy atom. The fraction of sp³-hybridized carbons (Fsp3) is 0.364. The maximum absolute atomic E-state index is 13.0. The highest BCUT2D eigenvalue weighted by Gasteiger charge is 2.26. The summed E-state index contributed by atoms with van der Waals surface area (Å²) in [5, 5.41) is 4.64. The second-order valence-corrected chi connectivity index (χ2v) is 9.04. The van der Waals surface area contributed by atoms with E-state index in [1.165, 1.54) is 11.8 Å². The third kappa shape index (κ3) is 7.38. The zero-order chi connectivity index (χ0) is 22.1. The van der Waals surface area contributed by atoms with E-state index in [4.69, 9.17) is 34.8 Å². The zero-order valence-electron chi connectivity index (χ0n) is 17.0. The van der Waals surface area contributed by atoms with Crippen molar-refractivity contribution < 1.29 is 9.59 Å². The van der Waals surface area contributed by atoms with Crippen LogP contribution in [-0.2, 0) is 21.9 Å². The number of nitrogens with one attached hydrogen (secondary N) is 1. The molecule has 0 aromatic heterocycles. The second kappa shape index (κ2) is 12.5. The lowest BCUT2D eigenvalue weighted by Crippen LogP contribution is -2.48. The average molecular weight is 488 g/mol. The van der Waals surface area contributed by atoms with E-state index >= 15 is 0 Å². The van der Waals surface area contributed by atoms with Crippen LogP contribution >= 0.6 is 46.6 Å². The van der Waals surface area contributed by atoms with Crippen molar-refractivity contribution in [2.75, 3.05) is 12.3 Å². The molecule has 0 heterocycles. The Kier molecular flexibility index (Phi) is 10.3. The van der Waals surface area contributed by atoms with Crippen LogP contribution in [0.25, 0.3) is 0 Å². The van der Waals surface area contributed by atoms with Gasteiger partial charge in [0, 0.05) is 33.9 Å². The van der Waals surface area contributed by atoms with Gasteiger partial charge in [-0.2, -0.15) is 0 Å².